The molecule has 0 N–H and O–H groups in total. The normalized spacial score (nSPS) is 47.0. The van der Waals surface area contributed by atoms with E-state index in [2.05, 4.69) is 0 Å². The maximum atomic E-state index is 6.26. The SMILES string of the molecule is CC1(C)O[C@H]2O[C@H]([C@@H]3COC(C)(C)O3)[C@@H](OC3CCCCO3)[C@H]2O1. The molecule has 4 aliphatic rings. The van der Waals surface area contributed by atoms with E-state index in [1.165, 1.54) is 0 Å². The molecule has 6 atom stereocenters. The quantitative estimate of drug-likeness (QED) is 0.775. The van der Waals surface area contributed by atoms with Gasteiger partial charge in [0.2, 0.25) is 0 Å². The third-order valence-corrected chi connectivity index (χ3v) is 4.87. The lowest BCUT2D eigenvalue weighted by Crippen LogP contribution is -2.46. The molecule has 4 saturated heterocycles. The smallest absolute Gasteiger partial charge is 0.190 e. The first kappa shape index (κ1) is 17.1. The van der Waals surface area contributed by atoms with Crippen LogP contribution in [-0.4, -0.2) is 61.8 Å². The molecule has 0 aliphatic carbocycles. The molecule has 0 aromatic rings. The fraction of sp³-hybridized carbons (Fsp3) is 1.00. The highest BCUT2D eigenvalue weighted by atomic mass is 16.9. The summed E-state index contributed by atoms with van der Waals surface area (Å²) < 4.78 is 41.7. The summed E-state index contributed by atoms with van der Waals surface area (Å²) in [4.78, 5) is 0. The highest BCUT2D eigenvalue weighted by molar-refractivity contribution is 4.99. The standard InChI is InChI=1S/C17H28O7/c1-16(2)19-9-10(22-16)12-13(20-11-7-5-6-8-18-11)14-15(21-12)24-17(3,4)23-14/h10-15H,5-9H2,1-4H3/t10-,11?,12+,13+,14+,15+/m0/s1. The van der Waals surface area contributed by atoms with E-state index in [4.69, 9.17) is 33.2 Å². The summed E-state index contributed by atoms with van der Waals surface area (Å²) in [6.07, 6.45) is 1.29. The third-order valence-electron chi connectivity index (χ3n) is 4.87. The first-order valence-corrected chi connectivity index (χ1v) is 8.93. The van der Waals surface area contributed by atoms with Crippen LogP contribution in [-0.2, 0) is 33.2 Å². The van der Waals surface area contributed by atoms with Crippen molar-refractivity contribution < 1.29 is 33.2 Å². The summed E-state index contributed by atoms with van der Waals surface area (Å²) in [6, 6.07) is 0. The van der Waals surface area contributed by atoms with Gasteiger partial charge in [0, 0.05) is 6.61 Å². The van der Waals surface area contributed by atoms with Crippen molar-refractivity contribution in [3.8, 4) is 0 Å². The van der Waals surface area contributed by atoms with E-state index < -0.39 is 17.9 Å². The Morgan fingerprint density at radius 1 is 0.917 bits per heavy atom. The van der Waals surface area contributed by atoms with E-state index in [1.807, 2.05) is 27.7 Å². The Labute approximate surface area is 142 Å². The Balaban J connectivity index is 1.50. The third kappa shape index (κ3) is 3.35. The van der Waals surface area contributed by atoms with Gasteiger partial charge in [-0.1, -0.05) is 0 Å². The zero-order valence-corrected chi connectivity index (χ0v) is 14.9. The van der Waals surface area contributed by atoms with Gasteiger partial charge < -0.3 is 33.2 Å². The average molecular weight is 344 g/mol. The van der Waals surface area contributed by atoms with Crippen molar-refractivity contribution >= 4 is 0 Å². The molecule has 1 unspecified atom stereocenters. The van der Waals surface area contributed by atoms with Gasteiger partial charge in [0.1, 0.15) is 24.4 Å². The molecule has 4 rings (SSSR count). The van der Waals surface area contributed by atoms with Crippen LogP contribution < -0.4 is 0 Å². The molecule has 4 aliphatic heterocycles. The van der Waals surface area contributed by atoms with Gasteiger partial charge in [0.25, 0.3) is 0 Å². The van der Waals surface area contributed by atoms with Crippen molar-refractivity contribution in [3.05, 3.63) is 0 Å². The molecule has 4 heterocycles. The average Bonchev–Trinajstić information content (AvgIpc) is 3.11. The number of rotatable bonds is 3. The molecule has 0 amide bonds. The van der Waals surface area contributed by atoms with Gasteiger partial charge in [0.05, 0.1) is 6.61 Å². The van der Waals surface area contributed by atoms with Gasteiger partial charge >= 0.3 is 0 Å². The van der Waals surface area contributed by atoms with E-state index in [9.17, 15) is 0 Å². The maximum Gasteiger partial charge on any atom is 0.190 e. The topological polar surface area (TPSA) is 64.6 Å². The van der Waals surface area contributed by atoms with E-state index in [0.717, 1.165) is 25.9 Å². The predicted octanol–water partition coefficient (Wildman–Crippen LogP) is 1.93. The van der Waals surface area contributed by atoms with Crippen molar-refractivity contribution in [2.24, 2.45) is 0 Å². The number of hydrogen-bond acceptors (Lipinski definition) is 7. The summed E-state index contributed by atoms with van der Waals surface area (Å²) in [5.41, 5.74) is 0. The second-order valence-corrected chi connectivity index (χ2v) is 7.83. The van der Waals surface area contributed by atoms with E-state index in [-0.39, 0.29) is 30.7 Å². The molecule has 0 aromatic carbocycles. The molecule has 0 aromatic heterocycles. The molecule has 7 heteroatoms. The minimum atomic E-state index is -0.679. The highest BCUT2D eigenvalue weighted by Gasteiger charge is 2.59. The fourth-order valence-corrected chi connectivity index (χ4v) is 3.83. The second kappa shape index (κ2) is 6.16. The van der Waals surface area contributed by atoms with Crippen molar-refractivity contribution in [1.29, 1.82) is 0 Å². The fourth-order valence-electron chi connectivity index (χ4n) is 3.83. The Hall–Kier alpha value is -0.280. The molecule has 138 valence electrons. The van der Waals surface area contributed by atoms with Gasteiger partial charge in [-0.25, -0.2) is 0 Å². The Bertz CT molecular complexity index is 460. The van der Waals surface area contributed by atoms with Crippen LogP contribution in [0.4, 0.5) is 0 Å². The molecule has 7 nitrogen and oxygen atoms in total. The van der Waals surface area contributed by atoms with Gasteiger partial charge in [0.15, 0.2) is 24.2 Å². The van der Waals surface area contributed by atoms with Gasteiger partial charge in [-0.15, -0.1) is 0 Å². The number of hydrogen-bond donors (Lipinski definition) is 0. The van der Waals surface area contributed by atoms with Crippen molar-refractivity contribution in [3.63, 3.8) is 0 Å². The number of ether oxygens (including phenoxy) is 7. The molecule has 0 radical (unpaired) electrons. The minimum Gasteiger partial charge on any atom is -0.353 e. The Kier molecular flexibility index (Phi) is 4.40. The molecular formula is C17H28O7. The monoisotopic (exact) mass is 344 g/mol. The second-order valence-electron chi connectivity index (χ2n) is 7.83. The van der Waals surface area contributed by atoms with Gasteiger partial charge in [-0.3, -0.25) is 0 Å². The zero-order valence-electron chi connectivity index (χ0n) is 14.9. The highest BCUT2D eigenvalue weighted by Crippen LogP contribution is 2.42. The largest absolute Gasteiger partial charge is 0.353 e. The zero-order chi connectivity index (χ0) is 16.9. The van der Waals surface area contributed by atoms with Crippen LogP contribution in [0, 0.1) is 0 Å². The van der Waals surface area contributed by atoms with Crippen molar-refractivity contribution in [2.45, 2.75) is 95.5 Å². The number of fused-ring (bicyclic) bond motifs is 1. The van der Waals surface area contributed by atoms with Crippen LogP contribution >= 0.6 is 0 Å². The molecule has 0 spiro atoms. The molecule has 24 heavy (non-hydrogen) atoms. The van der Waals surface area contributed by atoms with E-state index >= 15 is 0 Å². The Morgan fingerprint density at radius 2 is 1.75 bits per heavy atom. The van der Waals surface area contributed by atoms with Crippen LogP contribution in [0.3, 0.4) is 0 Å². The van der Waals surface area contributed by atoms with Crippen LogP contribution in [0.15, 0.2) is 0 Å². The summed E-state index contributed by atoms with van der Waals surface area (Å²) in [5, 5.41) is 0. The van der Waals surface area contributed by atoms with Crippen molar-refractivity contribution in [1.82, 2.24) is 0 Å². The lowest BCUT2D eigenvalue weighted by molar-refractivity contribution is -0.259. The molecule has 4 fully saturated rings. The van der Waals surface area contributed by atoms with Gasteiger partial charge in [-0.05, 0) is 47.0 Å². The van der Waals surface area contributed by atoms with Crippen LogP contribution in [0.25, 0.3) is 0 Å². The van der Waals surface area contributed by atoms with Gasteiger partial charge in [-0.2, -0.15) is 0 Å². The van der Waals surface area contributed by atoms with Crippen LogP contribution in [0.2, 0.25) is 0 Å². The maximum absolute atomic E-state index is 6.26. The first-order valence-electron chi connectivity index (χ1n) is 8.93. The van der Waals surface area contributed by atoms with Crippen LogP contribution in [0.5, 0.6) is 0 Å². The first-order chi connectivity index (χ1) is 11.3. The van der Waals surface area contributed by atoms with E-state index in [1.54, 1.807) is 0 Å². The summed E-state index contributed by atoms with van der Waals surface area (Å²) in [5.74, 6) is -1.29. The lowest BCUT2D eigenvalue weighted by atomic mass is 10.1. The van der Waals surface area contributed by atoms with Crippen molar-refractivity contribution in [2.75, 3.05) is 13.2 Å². The predicted molar refractivity (Wildman–Crippen MR) is 82.1 cm³/mol. The molecule has 0 bridgehead atoms. The molecular weight excluding hydrogens is 316 g/mol. The van der Waals surface area contributed by atoms with Crippen LogP contribution in [0.1, 0.15) is 47.0 Å². The Morgan fingerprint density at radius 3 is 2.42 bits per heavy atom. The minimum absolute atomic E-state index is 0.213. The summed E-state index contributed by atoms with van der Waals surface area (Å²) in [7, 11) is 0. The lowest BCUT2D eigenvalue weighted by Gasteiger charge is -2.32. The summed E-state index contributed by atoms with van der Waals surface area (Å²) >= 11 is 0. The summed E-state index contributed by atoms with van der Waals surface area (Å²) in [6.45, 7) is 8.77. The van der Waals surface area contributed by atoms with E-state index in [0.29, 0.717) is 6.61 Å². The molecule has 0 saturated carbocycles.